The van der Waals surface area contributed by atoms with Crippen molar-refractivity contribution in [3.05, 3.63) is 41.3 Å². The molecule has 2 heterocycles. The van der Waals surface area contributed by atoms with Gasteiger partial charge in [-0.15, -0.1) is 11.3 Å². The molecule has 1 aromatic heterocycles. The van der Waals surface area contributed by atoms with Crippen LogP contribution in [0.25, 0.3) is 0 Å². The SMILES string of the molecule is C[C@@H]1CCCCO[C@H](CN(C)C(=O)CCCN(C)C)[C@H](C)CN([C@@H](C)CO)C(=O)c2cc(NS(=O)(=O)c3cccs3)ccc2O1. The van der Waals surface area contributed by atoms with Gasteiger partial charge in [-0.25, -0.2) is 8.42 Å². The average molecular weight is 667 g/mol. The summed E-state index contributed by atoms with van der Waals surface area (Å²) in [6.07, 6.45) is 3.03. The van der Waals surface area contributed by atoms with Crippen LogP contribution >= 0.6 is 11.3 Å². The zero-order valence-electron chi connectivity index (χ0n) is 27.4. The summed E-state index contributed by atoms with van der Waals surface area (Å²) in [4.78, 5) is 32.5. The number of carbonyl (C=O) groups excluding carboxylic acids is 2. The molecule has 0 spiro atoms. The van der Waals surface area contributed by atoms with E-state index in [0.717, 1.165) is 43.6 Å². The van der Waals surface area contributed by atoms with Gasteiger partial charge in [-0.05, 0) is 89.8 Å². The fourth-order valence-electron chi connectivity index (χ4n) is 5.18. The number of thiophene rings is 1. The van der Waals surface area contributed by atoms with Crippen molar-refractivity contribution in [1.29, 1.82) is 0 Å². The number of nitrogens with zero attached hydrogens (tertiary/aromatic N) is 3. The van der Waals surface area contributed by atoms with Crippen molar-refractivity contribution in [2.75, 3.05) is 58.7 Å². The molecular weight excluding hydrogens is 617 g/mol. The van der Waals surface area contributed by atoms with Crippen LogP contribution in [0.15, 0.2) is 39.9 Å². The molecule has 3 rings (SSSR count). The third kappa shape index (κ3) is 11.0. The van der Waals surface area contributed by atoms with Crippen LogP contribution in [0.4, 0.5) is 5.69 Å². The first kappa shape index (κ1) is 36.8. The Bertz CT molecular complexity index is 1340. The number of amides is 2. The molecule has 1 aromatic carbocycles. The van der Waals surface area contributed by atoms with Gasteiger partial charge in [-0.3, -0.25) is 14.3 Å². The van der Waals surface area contributed by atoms with E-state index in [1.54, 1.807) is 47.4 Å². The number of anilines is 1. The number of rotatable bonds is 11. The number of aliphatic hydroxyl groups is 1. The molecule has 0 saturated heterocycles. The van der Waals surface area contributed by atoms with E-state index in [2.05, 4.69) is 9.62 Å². The second-order valence-corrected chi connectivity index (χ2v) is 15.1. The highest BCUT2D eigenvalue weighted by Gasteiger charge is 2.31. The van der Waals surface area contributed by atoms with Crippen molar-refractivity contribution in [1.82, 2.24) is 14.7 Å². The highest BCUT2D eigenvalue weighted by molar-refractivity contribution is 7.94. The summed E-state index contributed by atoms with van der Waals surface area (Å²) in [5.74, 6) is -0.193. The van der Waals surface area contributed by atoms with Crippen molar-refractivity contribution < 1.29 is 32.6 Å². The summed E-state index contributed by atoms with van der Waals surface area (Å²) in [7, 11) is 1.90. The lowest BCUT2D eigenvalue weighted by molar-refractivity contribution is -0.132. The van der Waals surface area contributed by atoms with Crippen LogP contribution in [0.5, 0.6) is 5.75 Å². The molecule has 45 heavy (non-hydrogen) atoms. The van der Waals surface area contributed by atoms with Gasteiger partial charge in [-0.1, -0.05) is 13.0 Å². The van der Waals surface area contributed by atoms with Crippen molar-refractivity contribution in [2.45, 2.75) is 75.3 Å². The lowest BCUT2D eigenvalue weighted by Crippen LogP contribution is -2.48. The van der Waals surface area contributed by atoms with Gasteiger partial charge in [0.15, 0.2) is 0 Å². The maximum absolute atomic E-state index is 14.3. The Balaban J connectivity index is 1.92. The molecule has 4 atom stereocenters. The number of aliphatic hydroxyl groups excluding tert-OH is 1. The van der Waals surface area contributed by atoms with Gasteiger partial charge in [0, 0.05) is 44.8 Å². The minimum atomic E-state index is -3.84. The smallest absolute Gasteiger partial charge is 0.271 e. The van der Waals surface area contributed by atoms with Crippen LogP contribution in [0.3, 0.4) is 0 Å². The molecule has 1 aliphatic heterocycles. The number of benzene rings is 1. The third-order valence-electron chi connectivity index (χ3n) is 7.94. The zero-order valence-corrected chi connectivity index (χ0v) is 29.0. The normalized spacial score (nSPS) is 21.0. The van der Waals surface area contributed by atoms with Gasteiger partial charge in [0.25, 0.3) is 15.9 Å². The van der Waals surface area contributed by atoms with Crippen LogP contribution in [0, 0.1) is 5.92 Å². The number of carbonyl (C=O) groups is 2. The molecule has 252 valence electrons. The second kappa shape index (κ2) is 17.3. The summed E-state index contributed by atoms with van der Waals surface area (Å²) in [5, 5.41) is 11.8. The zero-order chi connectivity index (χ0) is 33.1. The molecule has 1 aliphatic rings. The van der Waals surface area contributed by atoms with E-state index in [4.69, 9.17) is 9.47 Å². The predicted octanol–water partition coefficient (Wildman–Crippen LogP) is 4.14. The maximum atomic E-state index is 14.3. The molecule has 11 nitrogen and oxygen atoms in total. The number of hydrogen-bond acceptors (Lipinski definition) is 9. The van der Waals surface area contributed by atoms with E-state index in [1.807, 2.05) is 27.9 Å². The monoisotopic (exact) mass is 666 g/mol. The Kier molecular flexibility index (Phi) is 14.1. The van der Waals surface area contributed by atoms with Crippen molar-refractivity contribution in [2.24, 2.45) is 5.92 Å². The van der Waals surface area contributed by atoms with Gasteiger partial charge in [0.2, 0.25) is 5.91 Å². The molecule has 2 N–H and O–H groups in total. The summed E-state index contributed by atoms with van der Waals surface area (Å²) in [5.41, 5.74) is 0.427. The number of nitrogens with one attached hydrogen (secondary N) is 1. The van der Waals surface area contributed by atoms with Crippen LogP contribution in [0.2, 0.25) is 0 Å². The quantitative estimate of drug-likeness (QED) is 0.366. The van der Waals surface area contributed by atoms with Crippen LogP contribution in [0.1, 0.15) is 63.2 Å². The minimum absolute atomic E-state index is 0.0427. The first-order valence-electron chi connectivity index (χ1n) is 15.6. The summed E-state index contributed by atoms with van der Waals surface area (Å²) >= 11 is 1.10. The molecule has 0 radical (unpaired) electrons. The summed E-state index contributed by atoms with van der Waals surface area (Å²) < 4.78 is 41.2. The fourth-order valence-corrected chi connectivity index (χ4v) is 7.22. The highest BCUT2D eigenvalue weighted by Crippen LogP contribution is 2.30. The van der Waals surface area contributed by atoms with Gasteiger partial charge < -0.3 is 29.3 Å². The lowest BCUT2D eigenvalue weighted by Gasteiger charge is -2.36. The van der Waals surface area contributed by atoms with E-state index in [1.165, 1.54) is 12.1 Å². The van der Waals surface area contributed by atoms with Crippen LogP contribution < -0.4 is 9.46 Å². The fraction of sp³-hybridized carbons (Fsp3) is 0.625. The molecule has 2 aromatic rings. The standard InChI is InChI=1S/C32H50N4O7S2/c1-23-20-36(24(2)22-37)32(39)27-19-26(33-45(40,41)31-13-10-18-44-31)14-15-28(27)43-25(3)11-7-8-17-42-29(23)21-35(6)30(38)12-9-16-34(4)5/h10,13-15,18-19,23-25,29,33,37H,7-9,11-12,16-17,20-22H2,1-6H3/t23-,24+,25-,29-/m1/s1. The number of sulfonamides is 1. The average Bonchev–Trinajstić information content (AvgIpc) is 3.54. The predicted molar refractivity (Wildman–Crippen MR) is 177 cm³/mol. The largest absolute Gasteiger partial charge is 0.490 e. The first-order valence-corrected chi connectivity index (χ1v) is 18.0. The first-order chi connectivity index (χ1) is 21.3. The molecule has 13 heteroatoms. The number of ether oxygens (including phenoxy) is 2. The van der Waals surface area contributed by atoms with Gasteiger partial charge >= 0.3 is 0 Å². The Labute approximate surface area is 272 Å². The van der Waals surface area contributed by atoms with Crippen molar-refractivity contribution in [3.8, 4) is 5.75 Å². The third-order valence-corrected chi connectivity index (χ3v) is 10.7. The molecule has 0 bridgehead atoms. The molecular formula is C32H50N4O7S2. The Morgan fingerprint density at radius 2 is 1.96 bits per heavy atom. The lowest BCUT2D eigenvalue weighted by atomic mass is 10.0. The van der Waals surface area contributed by atoms with Crippen molar-refractivity contribution >= 4 is 38.9 Å². The molecule has 2 amide bonds. The van der Waals surface area contributed by atoms with Crippen LogP contribution in [-0.4, -0.2) is 112 Å². The molecule has 0 aliphatic carbocycles. The number of fused-ring (bicyclic) bond motifs is 1. The molecule has 0 fully saturated rings. The van der Waals surface area contributed by atoms with E-state index < -0.39 is 22.0 Å². The van der Waals surface area contributed by atoms with E-state index in [-0.39, 0.29) is 52.6 Å². The summed E-state index contributed by atoms with van der Waals surface area (Å²) in [6.45, 7) is 7.37. The highest BCUT2D eigenvalue weighted by atomic mass is 32.2. The number of hydrogen-bond donors (Lipinski definition) is 2. The topological polar surface area (TPSA) is 129 Å². The maximum Gasteiger partial charge on any atom is 0.271 e. The Morgan fingerprint density at radius 1 is 1.20 bits per heavy atom. The van der Waals surface area contributed by atoms with Gasteiger partial charge in [0.1, 0.15) is 9.96 Å². The number of likely N-dealkylation sites (N-methyl/N-ethyl adjacent to an activating group) is 1. The summed E-state index contributed by atoms with van der Waals surface area (Å²) in [6, 6.07) is 7.34. The second-order valence-electron chi connectivity index (χ2n) is 12.2. The minimum Gasteiger partial charge on any atom is -0.490 e. The van der Waals surface area contributed by atoms with E-state index in [9.17, 15) is 23.1 Å². The molecule has 0 saturated carbocycles. The van der Waals surface area contributed by atoms with Crippen LogP contribution in [-0.2, 0) is 19.6 Å². The van der Waals surface area contributed by atoms with Gasteiger partial charge in [0.05, 0.1) is 30.4 Å². The van der Waals surface area contributed by atoms with E-state index in [0.29, 0.717) is 25.3 Å². The van der Waals surface area contributed by atoms with Crippen molar-refractivity contribution in [3.63, 3.8) is 0 Å². The van der Waals surface area contributed by atoms with E-state index >= 15 is 0 Å². The Hall–Kier alpha value is -2.71. The van der Waals surface area contributed by atoms with Gasteiger partial charge in [-0.2, -0.15) is 0 Å². The Morgan fingerprint density at radius 3 is 2.62 bits per heavy atom. The molecule has 0 unspecified atom stereocenters.